The molecule has 0 amide bonds. The molecule has 0 N–H and O–H groups in total. The summed E-state index contributed by atoms with van der Waals surface area (Å²) in [5.74, 6) is 1.34. The van der Waals surface area contributed by atoms with Crippen molar-refractivity contribution in [2.75, 3.05) is 33.9 Å². The zero-order valence-electron chi connectivity index (χ0n) is 9.84. The Morgan fingerprint density at radius 2 is 1.77 bits per heavy atom. The molecule has 2 heteroatoms. The Morgan fingerprint density at radius 1 is 1.15 bits per heavy atom. The van der Waals surface area contributed by atoms with Gasteiger partial charge in [0, 0.05) is 13.2 Å². The van der Waals surface area contributed by atoms with E-state index in [1.54, 1.807) is 0 Å². The Bertz CT molecular complexity index is 113. The Balaban J connectivity index is 3.48. The second-order valence-electron chi connectivity index (χ2n) is 4.47. The van der Waals surface area contributed by atoms with E-state index in [0.717, 1.165) is 19.8 Å². The first kappa shape index (κ1) is 12.9. The number of ether oxygens (including phenoxy) is 1. The lowest BCUT2D eigenvalue weighted by Gasteiger charge is -2.20. The van der Waals surface area contributed by atoms with Crippen LogP contribution in [0.2, 0.25) is 0 Å². The van der Waals surface area contributed by atoms with Crippen molar-refractivity contribution in [2.24, 2.45) is 11.8 Å². The minimum Gasteiger partial charge on any atom is -0.381 e. The zero-order valence-corrected chi connectivity index (χ0v) is 9.84. The van der Waals surface area contributed by atoms with Crippen LogP contribution in [0, 0.1) is 11.8 Å². The number of hydrogen-bond acceptors (Lipinski definition) is 2. The fraction of sp³-hybridized carbons (Fsp3) is 1.00. The Morgan fingerprint density at radius 3 is 2.15 bits per heavy atom. The maximum atomic E-state index is 5.62. The molecule has 0 spiro atoms. The van der Waals surface area contributed by atoms with E-state index >= 15 is 0 Å². The predicted octanol–water partition coefficient (Wildman–Crippen LogP) is 2.25. The second-order valence-corrected chi connectivity index (χ2v) is 4.47. The lowest BCUT2D eigenvalue weighted by Crippen LogP contribution is -2.25. The molecule has 0 heterocycles. The van der Waals surface area contributed by atoms with E-state index in [-0.39, 0.29) is 0 Å². The van der Waals surface area contributed by atoms with Crippen molar-refractivity contribution in [3.05, 3.63) is 0 Å². The van der Waals surface area contributed by atoms with Crippen LogP contribution in [0.1, 0.15) is 27.2 Å². The van der Waals surface area contributed by atoms with Crippen molar-refractivity contribution in [2.45, 2.75) is 27.2 Å². The SMILES string of the molecule is CCC(COCC(C)C)CN(C)C. The summed E-state index contributed by atoms with van der Waals surface area (Å²) < 4.78 is 5.62. The first-order chi connectivity index (χ1) is 6.06. The van der Waals surface area contributed by atoms with Crippen molar-refractivity contribution < 1.29 is 4.74 Å². The normalized spacial score (nSPS) is 14.1. The first-order valence-electron chi connectivity index (χ1n) is 5.28. The molecular weight excluding hydrogens is 162 g/mol. The summed E-state index contributed by atoms with van der Waals surface area (Å²) in [7, 11) is 4.23. The van der Waals surface area contributed by atoms with E-state index in [9.17, 15) is 0 Å². The van der Waals surface area contributed by atoms with Gasteiger partial charge in [-0.25, -0.2) is 0 Å². The van der Waals surface area contributed by atoms with Gasteiger partial charge in [0.05, 0.1) is 6.61 Å². The molecule has 1 atom stereocenters. The zero-order chi connectivity index (χ0) is 10.3. The van der Waals surface area contributed by atoms with Crippen molar-refractivity contribution in [1.29, 1.82) is 0 Å². The van der Waals surface area contributed by atoms with E-state index in [0.29, 0.717) is 11.8 Å². The third-order valence-corrected chi connectivity index (χ3v) is 2.01. The van der Waals surface area contributed by atoms with E-state index in [1.165, 1.54) is 6.42 Å². The molecule has 0 radical (unpaired) electrons. The van der Waals surface area contributed by atoms with Gasteiger partial charge in [0.2, 0.25) is 0 Å². The average molecular weight is 187 g/mol. The molecule has 0 aromatic heterocycles. The molecule has 13 heavy (non-hydrogen) atoms. The summed E-state index contributed by atoms with van der Waals surface area (Å²) >= 11 is 0. The molecule has 0 aliphatic heterocycles. The van der Waals surface area contributed by atoms with Crippen LogP contribution < -0.4 is 0 Å². The minimum absolute atomic E-state index is 0.650. The van der Waals surface area contributed by atoms with Crippen LogP contribution in [-0.2, 0) is 4.74 Å². The maximum Gasteiger partial charge on any atom is 0.0506 e. The van der Waals surface area contributed by atoms with E-state index in [4.69, 9.17) is 4.74 Å². The molecule has 0 aliphatic rings. The Hall–Kier alpha value is -0.0800. The van der Waals surface area contributed by atoms with Crippen LogP contribution in [0.5, 0.6) is 0 Å². The van der Waals surface area contributed by atoms with Crippen LogP contribution in [0.15, 0.2) is 0 Å². The van der Waals surface area contributed by atoms with Gasteiger partial charge in [-0.05, 0) is 32.4 Å². The summed E-state index contributed by atoms with van der Waals surface area (Å²) in [6.07, 6.45) is 1.20. The lowest BCUT2D eigenvalue weighted by molar-refractivity contribution is 0.0697. The molecule has 0 saturated heterocycles. The van der Waals surface area contributed by atoms with Gasteiger partial charge in [-0.15, -0.1) is 0 Å². The van der Waals surface area contributed by atoms with Gasteiger partial charge in [0.15, 0.2) is 0 Å². The van der Waals surface area contributed by atoms with E-state index in [2.05, 4.69) is 39.8 Å². The van der Waals surface area contributed by atoms with E-state index in [1.807, 2.05) is 0 Å². The predicted molar refractivity (Wildman–Crippen MR) is 58.0 cm³/mol. The molecule has 2 nitrogen and oxygen atoms in total. The molecule has 0 bridgehead atoms. The molecule has 0 fully saturated rings. The highest BCUT2D eigenvalue weighted by Gasteiger charge is 2.07. The molecule has 0 aromatic carbocycles. The smallest absolute Gasteiger partial charge is 0.0506 e. The van der Waals surface area contributed by atoms with Gasteiger partial charge in [-0.3, -0.25) is 0 Å². The van der Waals surface area contributed by atoms with Crippen LogP contribution in [0.3, 0.4) is 0 Å². The largest absolute Gasteiger partial charge is 0.381 e. The molecular formula is C11H25NO. The highest BCUT2D eigenvalue weighted by atomic mass is 16.5. The summed E-state index contributed by atoms with van der Waals surface area (Å²) in [5.41, 5.74) is 0. The molecule has 0 aliphatic carbocycles. The van der Waals surface area contributed by atoms with Crippen molar-refractivity contribution >= 4 is 0 Å². The summed E-state index contributed by atoms with van der Waals surface area (Å²) in [6.45, 7) is 9.54. The standard InChI is InChI=1S/C11H25NO/c1-6-11(7-12(4)5)9-13-8-10(2)3/h10-11H,6-9H2,1-5H3. The second kappa shape index (κ2) is 7.34. The number of hydrogen-bond donors (Lipinski definition) is 0. The van der Waals surface area contributed by atoms with Gasteiger partial charge in [-0.1, -0.05) is 20.8 Å². The fourth-order valence-corrected chi connectivity index (χ4v) is 1.29. The topological polar surface area (TPSA) is 12.5 Å². The molecule has 0 saturated carbocycles. The summed E-state index contributed by atoms with van der Waals surface area (Å²) in [4.78, 5) is 2.23. The highest BCUT2D eigenvalue weighted by molar-refractivity contribution is 4.59. The first-order valence-corrected chi connectivity index (χ1v) is 5.28. The molecule has 0 aromatic rings. The van der Waals surface area contributed by atoms with Gasteiger partial charge in [-0.2, -0.15) is 0 Å². The lowest BCUT2D eigenvalue weighted by atomic mass is 10.1. The average Bonchev–Trinajstić information content (AvgIpc) is 2.01. The maximum absolute atomic E-state index is 5.62. The third kappa shape index (κ3) is 8.26. The Kier molecular flexibility index (Phi) is 7.29. The quantitative estimate of drug-likeness (QED) is 0.606. The van der Waals surface area contributed by atoms with Gasteiger partial charge >= 0.3 is 0 Å². The summed E-state index contributed by atoms with van der Waals surface area (Å²) in [5, 5.41) is 0. The number of nitrogens with zero attached hydrogens (tertiary/aromatic N) is 1. The summed E-state index contributed by atoms with van der Waals surface area (Å²) in [6, 6.07) is 0. The van der Waals surface area contributed by atoms with Crippen LogP contribution in [-0.4, -0.2) is 38.8 Å². The van der Waals surface area contributed by atoms with Crippen LogP contribution >= 0.6 is 0 Å². The van der Waals surface area contributed by atoms with E-state index < -0.39 is 0 Å². The molecule has 80 valence electrons. The highest BCUT2D eigenvalue weighted by Crippen LogP contribution is 2.05. The fourth-order valence-electron chi connectivity index (χ4n) is 1.29. The third-order valence-electron chi connectivity index (χ3n) is 2.01. The van der Waals surface area contributed by atoms with Crippen molar-refractivity contribution in [3.8, 4) is 0 Å². The number of rotatable bonds is 7. The van der Waals surface area contributed by atoms with Crippen LogP contribution in [0.25, 0.3) is 0 Å². The van der Waals surface area contributed by atoms with Crippen LogP contribution in [0.4, 0.5) is 0 Å². The van der Waals surface area contributed by atoms with Gasteiger partial charge in [0.1, 0.15) is 0 Å². The van der Waals surface area contributed by atoms with Gasteiger partial charge < -0.3 is 9.64 Å². The molecule has 0 rings (SSSR count). The van der Waals surface area contributed by atoms with Crippen molar-refractivity contribution in [1.82, 2.24) is 4.90 Å². The minimum atomic E-state index is 0.650. The monoisotopic (exact) mass is 187 g/mol. The van der Waals surface area contributed by atoms with Crippen molar-refractivity contribution in [3.63, 3.8) is 0 Å². The van der Waals surface area contributed by atoms with Gasteiger partial charge in [0.25, 0.3) is 0 Å². The Labute approximate surface area is 83.3 Å². The molecule has 1 unspecified atom stereocenters.